The van der Waals surface area contributed by atoms with E-state index in [0.717, 1.165) is 0 Å². The summed E-state index contributed by atoms with van der Waals surface area (Å²) in [5.41, 5.74) is 0. The minimum Gasteiger partial charge on any atom is -0.320 e. The molecule has 2 heteroatoms. The van der Waals surface area contributed by atoms with Crippen molar-refractivity contribution in [2.45, 2.75) is 25.7 Å². The minimum atomic E-state index is 1.17. The maximum atomic E-state index is 3.14. The molecule has 0 aliphatic heterocycles. The van der Waals surface area contributed by atoms with Crippen LogP contribution in [0.1, 0.15) is 25.7 Å². The molecule has 0 radical (unpaired) electrons. The first-order valence-corrected chi connectivity index (χ1v) is 4.21. The Kier molecular flexibility index (Phi) is 8.85. The van der Waals surface area contributed by atoms with Gasteiger partial charge in [0.2, 0.25) is 0 Å². The Hall–Kier alpha value is -0.0800. The van der Waals surface area contributed by atoms with Crippen LogP contribution in [0.15, 0.2) is 0 Å². The minimum absolute atomic E-state index is 1.17. The first-order chi connectivity index (χ1) is 4.91. The second kappa shape index (κ2) is 8.92. The Labute approximate surface area is 64.4 Å². The standard InChI is InChI=1S/C8H20N2/c1-9-7-5-3-4-6-8-10-2/h9-10H,3-8H2,1-2H3. The summed E-state index contributed by atoms with van der Waals surface area (Å²) in [6.07, 6.45) is 5.37. The third-order valence-corrected chi connectivity index (χ3v) is 1.60. The number of rotatable bonds is 7. The van der Waals surface area contributed by atoms with Crippen molar-refractivity contribution in [1.29, 1.82) is 0 Å². The maximum Gasteiger partial charge on any atom is -0.00519 e. The SMILES string of the molecule is CNCCCCCCNC. The summed E-state index contributed by atoms with van der Waals surface area (Å²) >= 11 is 0. The van der Waals surface area contributed by atoms with Crippen molar-refractivity contribution in [3.63, 3.8) is 0 Å². The molecule has 0 spiro atoms. The molecule has 2 nitrogen and oxygen atoms in total. The van der Waals surface area contributed by atoms with Gasteiger partial charge in [-0.05, 0) is 40.0 Å². The average Bonchev–Trinajstić information content (AvgIpc) is 1.97. The fraction of sp³-hybridized carbons (Fsp3) is 1.00. The van der Waals surface area contributed by atoms with Gasteiger partial charge >= 0.3 is 0 Å². The molecule has 0 saturated heterocycles. The Bertz CT molecular complexity index is 47.2. The van der Waals surface area contributed by atoms with Crippen LogP contribution in [0.3, 0.4) is 0 Å². The van der Waals surface area contributed by atoms with E-state index in [-0.39, 0.29) is 0 Å². The lowest BCUT2D eigenvalue weighted by Gasteiger charge is -1.99. The van der Waals surface area contributed by atoms with Gasteiger partial charge < -0.3 is 10.6 Å². The molecule has 0 unspecified atom stereocenters. The van der Waals surface area contributed by atoms with E-state index in [4.69, 9.17) is 0 Å². The zero-order chi connectivity index (χ0) is 7.66. The molecular weight excluding hydrogens is 124 g/mol. The molecule has 0 bridgehead atoms. The summed E-state index contributed by atoms with van der Waals surface area (Å²) < 4.78 is 0. The van der Waals surface area contributed by atoms with Crippen LogP contribution in [0.2, 0.25) is 0 Å². The molecule has 0 aliphatic rings. The summed E-state index contributed by atoms with van der Waals surface area (Å²) in [7, 11) is 4.02. The van der Waals surface area contributed by atoms with Crippen LogP contribution in [0, 0.1) is 0 Å². The lowest BCUT2D eigenvalue weighted by Crippen LogP contribution is -2.09. The van der Waals surface area contributed by atoms with Crippen molar-refractivity contribution >= 4 is 0 Å². The second-order valence-electron chi connectivity index (χ2n) is 2.62. The second-order valence-corrected chi connectivity index (χ2v) is 2.62. The predicted octanol–water partition coefficient (Wildman–Crippen LogP) is 0.986. The smallest absolute Gasteiger partial charge is 0.00519 e. The third-order valence-electron chi connectivity index (χ3n) is 1.60. The molecule has 0 amide bonds. The molecule has 0 aromatic carbocycles. The zero-order valence-corrected chi connectivity index (χ0v) is 7.24. The molecule has 10 heavy (non-hydrogen) atoms. The van der Waals surface area contributed by atoms with Crippen LogP contribution in [0.5, 0.6) is 0 Å². The van der Waals surface area contributed by atoms with Gasteiger partial charge in [0.15, 0.2) is 0 Å². The van der Waals surface area contributed by atoms with Crippen molar-refractivity contribution < 1.29 is 0 Å². The number of unbranched alkanes of at least 4 members (excludes halogenated alkanes) is 3. The first kappa shape index (κ1) is 9.92. The van der Waals surface area contributed by atoms with Gasteiger partial charge in [-0.2, -0.15) is 0 Å². The van der Waals surface area contributed by atoms with E-state index in [2.05, 4.69) is 10.6 Å². The van der Waals surface area contributed by atoms with Crippen molar-refractivity contribution in [3.8, 4) is 0 Å². The van der Waals surface area contributed by atoms with Gasteiger partial charge in [0, 0.05) is 0 Å². The molecule has 0 aliphatic carbocycles. The van der Waals surface area contributed by atoms with E-state index in [1.807, 2.05) is 14.1 Å². The summed E-state index contributed by atoms with van der Waals surface area (Å²) in [5.74, 6) is 0. The zero-order valence-electron chi connectivity index (χ0n) is 7.24. The Balaban J connectivity index is 2.65. The quantitative estimate of drug-likeness (QED) is 0.521. The normalized spacial score (nSPS) is 10.2. The fourth-order valence-electron chi connectivity index (χ4n) is 0.957. The van der Waals surface area contributed by atoms with Crippen LogP contribution >= 0.6 is 0 Å². The third kappa shape index (κ3) is 7.92. The fourth-order valence-corrected chi connectivity index (χ4v) is 0.957. The Morgan fingerprint density at radius 1 is 0.700 bits per heavy atom. The van der Waals surface area contributed by atoms with Crippen LogP contribution in [-0.4, -0.2) is 27.2 Å². The Morgan fingerprint density at radius 3 is 1.40 bits per heavy atom. The average molecular weight is 144 g/mol. The van der Waals surface area contributed by atoms with Crippen LogP contribution in [0.25, 0.3) is 0 Å². The molecular formula is C8H20N2. The lowest BCUT2D eigenvalue weighted by atomic mass is 10.2. The maximum absolute atomic E-state index is 3.14. The summed E-state index contributed by atoms with van der Waals surface area (Å²) in [4.78, 5) is 0. The lowest BCUT2D eigenvalue weighted by molar-refractivity contribution is 0.600. The highest BCUT2D eigenvalue weighted by molar-refractivity contribution is 4.46. The largest absolute Gasteiger partial charge is 0.320 e. The summed E-state index contributed by atoms with van der Waals surface area (Å²) in [6.45, 7) is 2.33. The van der Waals surface area contributed by atoms with Gasteiger partial charge in [-0.1, -0.05) is 12.8 Å². The van der Waals surface area contributed by atoms with Crippen molar-refractivity contribution in [1.82, 2.24) is 10.6 Å². The molecule has 2 N–H and O–H groups in total. The van der Waals surface area contributed by atoms with Gasteiger partial charge in [0.1, 0.15) is 0 Å². The molecule has 62 valence electrons. The molecule has 0 fully saturated rings. The number of hydrogen-bond acceptors (Lipinski definition) is 2. The van der Waals surface area contributed by atoms with E-state index in [1.165, 1.54) is 38.8 Å². The van der Waals surface area contributed by atoms with Gasteiger partial charge in [0.05, 0.1) is 0 Å². The summed E-state index contributed by atoms with van der Waals surface area (Å²) in [6, 6.07) is 0. The Morgan fingerprint density at radius 2 is 1.10 bits per heavy atom. The molecule has 0 rings (SSSR count). The van der Waals surface area contributed by atoms with E-state index in [9.17, 15) is 0 Å². The van der Waals surface area contributed by atoms with Gasteiger partial charge in [0.25, 0.3) is 0 Å². The van der Waals surface area contributed by atoms with Crippen molar-refractivity contribution in [3.05, 3.63) is 0 Å². The van der Waals surface area contributed by atoms with Gasteiger partial charge in [-0.25, -0.2) is 0 Å². The highest BCUT2D eigenvalue weighted by Crippen LogP contribution is 1.96. The molecule has 0 atom stereocenters. The highest BCUT2D eigenvalue weighted by Gasteiger charge is 1.86. The van der Waals surface area contributed by atoms with Crippen molar-refractivity contribution in [2.24, 2.45) is 0 Å². The van der Waals surface area contributed by atoms with Gasteiger partial charge in [-0.15, -0.1) is 0 Å². The first-order valence-electron chi connectivity index (χ1n) is 4.21. The molecule has 0 aromatic rings. The van der Waals surface area contributed by atoms with Gasteiger partial charge in [-0.3, -0.25) is 0 Å². The summed E-state index contributed by atoms with van der Waals surface area (Å²) in [5, 5.41) is 6.29. The van der Waals surface area contributed by atoms with Crippen LogP contribution < -0.4 is 10.6 Å². The van der Waals surface area contributed by atoms with Crippen molar-refractivity contribution in [2.75, 3.05) is 27.2 Å². The van der Waals surface area contributed by atoms with E-state index in [1.54, 1.807) is 0 Å². The molecule has 0 heterocycles. The topological polar surface area (TPSA) is 24.1 Å². The predicted molar refractivity (Wildman–Crippen MR) is 46.3 cm³/mol. The highest BCUT2D eigenvalue weighted by atomic mass is 14.8. The van der Waals surface area contributed by atoms with Crippen LogP contribution in [0.4, 0.5) is 0 Å². The monoisotopic (exact) mass is 144 g/mol. The molecule has 0 saturated carbocycles. The van der Waals surface area contributed by atoms with E-state index >= 15 is 0 Å². The number of hydrogen-bond donors (Lipinski definition) is 2. The van der Waals surface area contributed by atoms with Crippen LogP contribution in [-0.2, 0) is 0 Å². The van der Waals surface area contributed by atoms with E-state index in [0.29, 0.717) is 0 Å². The van der Waals surface area contributed by atoms with E-state index < -0.39 is 0 Å². The molecule has 0 aromatic heterocycles. The number of nitrogens with one attached hydrogen (secondary N) is 2.